The predicted octanol–water partition coefficient (Wildman–Crippen LogP) is 4.77. The normalized spacial score (nSPS) is 14.2. The number of hydrogen-bond donors (Lipinski definition) is 4. The zero-order valence-electron chi connectivity index (χ0n) is 28.1. The van der Waals surface area contributed by atoms with Crippen molar-refractivity contribution in [2.45, 2.75) is 72.7 Å². The number of nitrogens with zero attached hydrogens (tertiary/aromatic N) is 5. The zero-order valence-corrected chi connectivity index (χ0v) is 30.6. The van der Waals surface area contributed by atoms with E-state index in [-0.39, 0.29) is 47.2 Å². The Kier molecular flexibility index (Phi) is 12.5. The average molecular weight is 718 g/mol. The van der Waals surface area contributed by atoms with Gasteiger partial charge < -0.3 is 39.5 Å². The van der Waals surface area contributed by atoms with Crippen molar-refractivity contribution >= 4 is 64.5 Å². The van der Waals surface area contributed by atoms with Crippen molar-refractivity contribution in [2.24, 2.45) is 10.8 Å². The summed E-state index contributed by atoms with van der Waals surface area (Å²) in [4.78, 5) is 25.0. The number of hydrogen-bond acceptors (Lipinski definition) is 13. The molecule has 0 amide bonds. The molecule has 2 unspecified atom stereocenters. The second-order valence-electron chi connectivity index (χ2n) is 13.4. The molecule has 2 atom stereocenters. The van der Waals surface area contributed by atoms with Gasteiger partial charge in [-0.1, -0.05) is 59.7 Å². The summed E-state index contributed by atoms with van der Waals surface area (Å²) in [6, 6.07) is 9.69. The Labute approximate surface area is 291 Å². The van der Waals surface area contributed by atoms with Crippen LogP contribution in [0.5, 0.6) is 0 Å². The molecule has 13 nitrogen and oxygen atoms in total. The summed E-state index contributed by atoms with van der Waals surface area (Å²) >= 11 is 10.8. The van der Waals surface area contributed by atoms with E-state index >= 15 is 0 Å². The molecular formula is C32H44N7O6PS2. The molecule has 0 fully saturated rings. The Hall–Kier alpha value is -3.41. The quantitative estimate of drug-likeness (QED) is 0.101. The summed E-state index contributed by atoms with van der Waals surface area (Å²) in [6.45, 7) is 15.1. The Morgan fingerprint density at radius 1 is 1.19 bits per heavy atom. The largest absolute Gasteiger partial charge is 0.466 e. The van der Waals surface area contributed by atoms with Crippen LogP contribution in [0.25, 0.3) is 11.2 Å². The summed E-state index contributed by atoms with van der Waals surface area (Å²) in [5.41, 5.74) is 6.04. The number of rotatable bonds is 14. The first-order valence-electron chi connectivity index (χ1n) is 15.2. The van der Waals surface area contributed by atoms with Gasteiger partial charge in [-0.2, -0.15) is 10.2 Å². The standard InChI is InChI=1S/C32H44N7O6PS2/c1-8-46(43,26(44-27(47)30(2,3)4)32(41,42)45-28(48)31(5,6)7)19-18-38(16-11-15-33)22-13-10-9-12-21(22)14-17-39-20-35-23-24(39)36-29(34)37-25(23)40/h8-10,12-13,20,26,41-42H,1,11,14,16-19H2,2-7H3,(H3,34,36,37,40). The van der Waals surface area contributed by atoms with Crippen molar-refractivity contribution < 1.29 is 24.3 Å². The fraction of sp³-hybridized carbons (Fsp3) is 0.500. The number of para-hydroxylation sites is 1. The third-order valence-electron chi connectivity index (χ3n) is 7.37. The van der Waals surface area contributed by atoms with Crippen molar-refractivity contribution in [3.63, 3.8) is 0 Å². The number of aromatic amines is 1. The molecule has 48 heavy (non-hydrogen) atoms. The molecule has 5 N–H and O–H groups in total. The minimum atomic E-state index is -3.90. The number of nitriles is 1. The Balaban J connectivity index is 1.95. The number of benzene rings is 1. The molecule has 0 bridgehead atoms. The Morgan fingerprint density at radius 3 is 2.44 bits per heavy atom. The first kappa shape index (κ1) is 39.0. The lowest BCUT2D eigenvalue weighted by Crippen LogP contribution is -2.51. The maximum Gasteiger partial charge on any atom is 0.369 e. The van der Waals surface area contributed by atoms with E-state index in [4.69, 9.17) is 39.6 Å². The van der Waals surface area contributed by atoms with Crippen LogP contribution in [0.15, 0.2) is 35.4 Å². The molecule has 16 heteroatoms. The first-order chi connectivity index (χ1) is 22.2. The fourth-order valence-corrected chi connectivity index (χ4v) is 6.95. The number of nitrogens with one attached hydrogen (secondary N) is 1. The van der Waals surface area contributed by atoms with Gasteiger partial charge in [-0.25, -0.2) is 4.98 Å². The van der Waals surface area contributed by atoms with Crippen LogP contribution in [0.2, 0.25) is 0 Å². The minimum Gasteiger partial charge on any atom is -0.466 e. The lowest BCUT2D eigenvalue weighted by atomic mass is 9.98. The molecule has 3 aromatic rings. The van der Waals surface area contributed by atoms with Gasteiger partial charge in [0.05, 0.1) is 18.8 Å². The molecule has 1 aromatic carbocycles. The highest BCUT2D eigenvalue weighted by Crippen LogP contribution is 2.57. The minimum absolute atomic E-state index is 0.00993. The van der Waals surface area contributed by atoms with Crippen molar-refractivity contribution in [3.8, 4) is 6.07 Å². The van der Waals surface area contributed by atoms with Gasteiger partial charge in [0.1, 0.15) is 7.14 Å². The maximum atomic E-state index is 14.7. The summed E-state index contributed by atoms with van der Waals surface area (Å²) in [7, 11) is -3.90. The molecule has 0 saturated heterocycles. The van der Waals surface area contributed by atoms with E-state index in [0.29, 0.717) is 18.6 Å². The molecule has 260 valence electrons. The molecule has 2 radical (unpaired) electrons. The summed E-state index contributed by atoms with van der Waals surface area (Å²) in [5, 5.41) is 31.9. The zero-order chi connectivity index (χ0) is 36.1. The summed E-state index contributed by atoms with van der Waals surface area (Å²) in [5.74, 6) is -5.00. The number of anilines is 2. The number of H-pyrrole nitrogens is 1. The second kappa shape index (κ2) is 15.4. The Bertz CT molecular complexity index is 1770. The number of aryl methyl sites for hydroxylation is 2. The summed E-state index contributed by atoms with van der Waals surface area (Å²) in [6.07, 6.45) is 3.19. The van der Waals surface area contributed by atoms with Gasteiger partial charge in [-0.15, -0.1) is 0 Å². The highest BCUT2D eigenvalue weighted by atomic mass is 32.1. The van der Waals surface area contributed by atoms with Crippen molar-refractivity contribution in [1.29, 1.82) is 5.26 Å². The van der Waals surface area contributed by atoms with Crippen molar-refractivity contribution in [3.05, 3.63) is 59.6 Å². The lowest BCUT2D eigenvalue weighted by Gasteiger charge is -2.39. The molecule has 0 aliphatic carbocycles. The van der Waals surface area contributed by atoms with Crippen molar-refractivity contribution in [2.75, 3.05) is 29.9 Å². The Morgan fingerprint density at radius 2 is 1.83 bits per heavy atom. The van der Waals surface area contributed by atoms with E-state index in [9.17, 15) is 24.8 Å². The molecule has 0 saturated carbocycles. The molecule has 3 rings (SSSR count). The molecule has 0 aliphatic rings. The number of aliphatic hydroxyl groups is 2. The molecule has 2 heterocycles. The number of aromatic nitrogens is 4. The number of fused-ring (bicyclic) bond motifs is 1. The van der Waals surface area contributed by atoms with Crippen LogP contribution >= 0.6 is 31.6 Å². The van der Waals surface area contributed by atoms with Gasteiger partial charge in [-0.05, 0) is 49.4 Å². The van der Waals surface area contributed by atoms with Crippen LogP contribution in [0.1, 0.15) is 53.5 Å². The average Bonchev–Trinajstić information content (AvgIpc) is 3.40. The number of thiocarbonyl (C=S) groups is 2. The molecule has 0 aliphatic heterocycles. The molecular weight excluding hydrogens is 674 g/mol. The van der Waals surface area contributed by atoms with Crippen LogP contribution < -0.4 is 16.2 Å². The number of nitrogen functional groups attached to an aromatic ring is 1. The van der Waals surface area contributed by atoms with Gasteiger partial charge in [0.25, 0.3) is 5.56 Å². The first-order valence-corrected chi connectivity index (χ1v) is 18.1. The van der Waals surface area contributed by atoms with Gasteiger partial charge in [0.15, 0.2) is 21.3 Å². The van der Waals surface area contributed by atoms with Gasteiger partial charge in [0, 0.05) is 48.5 Å². The molecule has 0 spiro atoms. The summed E-state index contributed by atoms with van der Waals surface area (Å²) < 4.78 is 27.8. The van der Waals surface area contributed by atoms with Crippen LogP contribution in [-0.4, -0.2) is 70.9 Å². The monoisotopic (exact) mass is 717 g/mol. The fourth-order valence-electron chi connectivity index (χ4n) is 4.59. The van der Waals surface area contributed by atoms with E-state index in [1.807, 2.05) is 29.2 Å². The van der Waals surface area contributed by atoms with E-state index in [0.717, 1.165) is 17.4 Å². The SMILES string of the molecule is [CH2][CH]P(=O)(CCN(CCC#N)c1ccccc1CCn1cnc2c(=O)[nH]c(N)nc21)C(OC(=S)C(C)(C)C)C(O)(O)OC(=S)C(C)(C)C. The highest BCUT2D eigenvalue weighted by molar-refractivity contribution is 7.80. The van der Waals surface area contributed by atoms with Crippen LogP contribution in [0, 0.1) is 35.2 Å². The van der Waals surface area contributed by atoms with Gasteiger partial charge >= 0.3 is 5.97 Å². The van der Waals surface area contributed by atoms with Crippen LogP contribution in [0.3, 0.4) is 0 Å². The van der Waals surface area contributed by atoms with Gasteiger partial charge in [-0.3, -0.25) is 9.78 Å². The third-order valence-corrected chi connectivity index (χ3v) is 11.5. The number of nitrogens with two attached hydrogens (primary N) is 1. The predicted molar refractivity (Wildman–Crippen MR) is 195 cm³/mol. The lowest BCUT2D eigenvalue weighted by molar-refractivity contribution is -0.325. The topological polar surface area (TPSA) is 193 Å². The second-order valence-corrected chi connectivity index (χ2v) is 17.1. The van der Waals surface area contributed by atoms with E-state index in [1.165, 1.54) is 6.33 Å². The van der Waals surface area contributed by atoms with Crippen LogP contribution in [0.4, 0.5) is 11.6 Å². The van der Waals surface area contributed by atoms with E-state index in [2.05, 4.69) is 27.9 Å². The smallest absolute Gasteiger partial charge is 0.369 e. The number of imidazole rings is 1. The van der Waals surface area contributed by atoms with Crippen LogP contribution in [-0.2, 0) is 27.0 Å². The van der Waals surface area contributed by atoms with E-state index < -0.39 is 35.3 Å². The third kappa shape index (κ3) is 9.60. The maximum absolute atomic E-state index is 14.7. The van der Waals surface area contributed by atoms with Gasteiger partial charge in [0.2, 0.25) is 11.8 Å². The molecule has 2 aromatic heterocycles. The van der Waals surface area contributed by atoms with E-state index in [1.54, 1.807) is 46.1 Å². The van der Waals surface area contributed by atoms with Crippen molar-refractivity contribution in [1.82, 2.24) is 19.5 Å². The highest BCUT2D eigenvalue weighted by Gasteiger charge is 2.53. The number of ether oxygens (including phenoxy) is 2.